The second kappa shape index (κ2) is 8.82. The molecule has 1 rings (SSSR count). The number of hydrogen-bond donors (Lipinski definition) is 1. The molecule has 0 aromatic heterocycles. The van der Waals surface area contributed by atoms with Crippen LogP contribution in [0.25, 0.3) is 0 Å². The molecule has 0 unspecified atom stereocenters. The van der Waals surface area contributed by atoms with Crippen LogP contribution in [-0.4, -0.2) is 24.5 Å². The van der Waals surface area contributed by atoms with Gasteiger partial charge in [0, 0.05) is 5.92 Å². The van der Waals surface area contributed by atoms with E-state index in [0.717, 1.165) is 31.4 Å². The maximum absolute atomic E-state index is 11.1. The standard InChI is InChI=1S/C15H28N2O3/c1-4-9-19-17-12(3)11(2)10-14(20-15(16)18)13-7-5-6-8-13/h11,13-14H,4-10H2,1-3H3,(H2,16,18)/b17-12+/t11-,14+/m0/s1. The Morgan fingerprint density at radius 3 is 2.60 bits per heavy atom. The first kappa shape index (κ1) is 16.8. The molecule has 5 nitrogen and oxygen atoms in total. The molecule has 1 amide bonds. The summed E-state index contributed by atoms with van der Waals surface area (Å²) in [6.07, 6.45) is 5.60. The fourth-order valence-electron chi connectivity index (χ4n) is 2.66. The fraction of sp³-hybridized carbons (Fsp3) is 0.867. The van der Waals surface area contributed by atoms with Crippen LogP contribution in [0.15, 0.2) is 5.16 Å². The summed E-state index contributed by atoms with van der Waals surface area (Å²) in [7, 11) is 0. The Hall–Kier alpha value is -1.26. The molecule has 0 spiro atoms. The first-order valence-electron chi connectivity index (χ1n) is 7.67. The van der Waals surface area contributed by atoms with Gasteiger partial charge in [-0.25, -0.2) is 4.79 Å². The fourth-order valence-corrected chi connectivity index (χ4v) is 2.66. The van der Waals surface area contributed by atoms with Gasteiger partial charge in [0.1, 0.15) is 12.7 Å². The summed E-state index contributed by atoms with van der Waals surface area (Å²) in [6.45, 7) is 6.72. The summed E-state index contributed by atoms with van der Waals surface area (Å²) >= 11 is 0. The van der Waals surface area contributed by atoms with E-state index in [4.69, 9.17) is 15.3 Å². The number of carbonyl (C=O) groups is 1. The summed E-state index contributed by atoms with van der Waals surface area (Å²) in [6, 6.07) is 0. The van der Waals surface area contributed by atoms with Crippen molar-refractivity contribution in [3.63, 3.8) is 0 Å². The molecule has 1 fully saturated rings. The minimum absolute atomic E-state index is 0.0960. The van der Waals surface area contributed by atoms with Crippen molar-refractivity contribution >= 4 is 11.8 Å². The number of carbonyl (C=O) groups excluding carboxylic acids is 1. The lowest BCUT2D eigenvalue weighted by atomic mass is 9.90. The summed E-state index contributed by atoms with van der Waals surface area (Å²) in [5.41, 5.74) is 6.13. The number of hydrogen-bond acceptors (Lipinski definition) is 4. The number of nitrogens with zero attached hydrogens (tertiary/aromatic N) is 1. The van der Waals surface area contributed by atoms with Gasteiger partial charge in [0.2, 0.25) is 0 Å². The maximum atomic E-state index is 11.1. The smallest absolute Gasteiger partial charge is 0.404 e. The molecule has 0 aromatic carbocycles. The predicted molar refractivity (Wildman–Crippen MR) is 79.5 cm³/mol. The van der Waals surface area contributed by atoms with Gasteiger partial charge < -0.3 is 15.3 Å². The first-order valence-corrected chi connectivity index (χ1v) is 7.67. The van der Waals surface area contributed by atoms with Gasteiger partial charge in [-0.2, -0.15) is 0 Å². The average molecular weight is 284 g/mol. The summed E-state index contributed by atoms with van der Waals surface area (Å²) in [4.78, 5) is 16.3. The molecule has 1 aliphatic rings. The molecule has 116 valence electrons. The van der Waals surface area contributed by atoms with E-state index in [1.807, 2.05) is 13.8 Å². The Morgan fingerprint density at radius 2 is 2.05 bits per heavy atom. The van der Waals surface area contributed by atoms with Crippen molar-refractivity contribution < 1.29 is 14.4 Å². The van der Waals surface area contributed by atoms with Gasteiger partial charge in [-0.1, -0.05) is 31.8 Å². The van der Waals surface area contributed by atoms with E-state index in [1.165, 1.54) is 12.8 Å². The van der Waals surface area contributed by atoms with Crippen molar-refractivity contribution in [2.45, 2.75) is 65.4 Å². The summed E-state index contributed by atoms with van der Waals surface area (Å²) in [5, 5.41) is 4.12. The lowest BCUT2D eigenvalue weighted by Crippen LogP contribution is -2.31. The predicted octanol–water partition coefficient (Wildman–Crippen LogP) is 3.47. The molecule has 2 atom stereocenters. The van der Waals surface area contributed by atoms with E-state index in [1.54, 1.807) is 0 Å². The molecule has 2 N–H and O–H groups in total. The molecule has 1 saturated carbocycles. The second-order valence-electron chi connectivity index (χ2n) is 5.72. The molecule has 0 radical (unpaired) electrons. The monoisotopic (exact) mass is 284 g/mol. The third-order valence-corrected chi connectivity index (χ3v) is 4.00. The molecule has 20 heavy (non-hydrogen) atoms. The number of primary amides is 1. The van der Waals surface area contributed by atoms with Crippen LogP contribution in [0.2, 0.25) is 0 Å². The summed E-state index contributed by atoms with van der Waals surface area (Å²) in [5.74, 6) is 0.658. The topological polar surface area (TPSA) is 73.9 Å². The van der Waals surface area contributed by atoms with Crippen molar-refractivity contribution in [2.24, 2.45) is 22.7 Å². The largest absolute Gasteiger partial charge is 0.446 e. The third kappa shape index (κ3) is 5.80. The van der Waals surface area contributed by atoms with Crippen LogP contribution in [0.4, 0.5) is 4.79 Å². The van der Waals surface area contributed by atoms with Gasteiger partial charge in [-0.15, -0.1) is 0 Å². The molecule has 0 bridgehead atoms. The normalized spacial score (nSPS) is 19.6. The molecule has 0 heterocycles. The van der Waals surface area contributed by atoms with Crippen LogP contribution in [0, 0.1) is 11.8 Å². The van der Waals surface area contributed by atoms with Crippen molar-refractivity contribution in [1.29, 1.82) is 0 Å². The number of ether oxygens (including phenoxy) is 1. The third-order valence-electron chi connectivity index (χ3n) is 4.00. The summed E-state index contributed by atoms with van der Waals surface area (Å²) < 4.78 is 5.32. The minimum atomic E-state index is -0.675. The van der Waals surface area contributed by atoms with Crippen LogP contribution in [0.1, 0.15) is 59.3 Å². The van der Waals surface area contributed by atoms with Gasteiger partial charge in [0.25, 0.3) is 0 Å². The lowest BCUT2D eigenvalue weighted by molar-refractivity contribution is 0.0590. The Labute approximate surface area is 121 Å². The zero-order chi connectivity index (χ0) is 15.0. The molecule has 1 aliphatic carbocycles. The molecule has 0 saturated heterocycles. The number of nitrogens with two attached hydrogens (primary N) is 1. The Balaban J connectivity index is 2.54. The highest BCUT2D eigenvalue weighted by atomic mass is 16.6. The van der Waals surface area contributed by atoms with E-state index >= 15 is 0 Å². The second-order valence-corrected chi connectivity index (χ2v) is 5.72. The van der Waals surface area contributed by atoms with Crippen LogP contribution in [-0.2, 0) is 9.57 Å². The maximum Gasteiger partial charge on any atom is 0.404 e. The Kier molecular flexibility index (Phi) is 7.41. The van der Waals surface area contributed by atoms with E-state index in [2.05, 4.69) is 12.1 Å². The van der Waals surface area contributed by atoms with Crippen LogP contribution in [0.3, 0.4) is 0 Å². The van der Waals surface area contributed by atoms with Gasteiger partial charge in [0.05, 0.1) is 5.71 Å². The van der Waals surface area contributed by atoms with Crippen molar-refractivity contribution in [3.05, 3.63) is 0 Å². The molecular formula is C15H28N2O3. The van der Waals surface area contributed by atoms with Crippen molar-refractivity contribution in [1.82, 2.24) is 0 Å². The number of amides is 1. The van der Waals surface area contributed by atoms with Gasteiger partial charge >= 0.3 is 6.09 Å². The number of oxime groups is 1. The van der Waals surface area contributed by atoms with Gasteiger partial charge in [-0.05, 0) is 38.5 Å². The zero-order valence-electron chi connectivity index (χ0n) is 12.9. The van der Waals surface area contributed by atoms with Crippen LogP contribution >= 0.6 is 0 Å². The van der Waals surface area contributed by atoms with Crippen molar-refractivity contribution in [2.75, 3.05) is 6.61 Å². The molecular weight excluding hydrogens is 256 g/mol. The molecule has 5 heteroatoms. The average Bonchev–Trinajstić information content (AvgIpc) is 2.91. The minimum Gasteiger partial charge on any atom is -0.446 e. The van der Waals surface area contributed by atoms with Gasteiger partial charge in [0.15, 0.2) is 0 Å². The Morgan fingerprint density at radius 1 is 1.40 bits per heavy atom. The van der Waals surface area contributed by atoms with Crippen LogP contribution in [0.5, 0.6) is 0 Å². The van der Waals surface area contributed by atoms with Crippen molar-refractivity contribution in [3.8, 4) is 0 Å². The van der Waals surface area contributed by atoms with E-state index < -0.39 is 6.09 Å². The lowest BCUT2D eigenvalue weighted by Gasteiger charge is -2.25. The van der Waals surface area contributed by atoms with E-state index in [0.29, 0.717) is 12.5 Å². The highest BCUT2D eigenvalue weighted by molar-refractivity contribution is 5.83. The highest BCUT2D eigenvalue weighted by Gasteiger charge is 2.29. The Bertz CT molecular complexity index is 325. The van der Waals surface area contributed by atoms with E-state index in [-0.39, 0.29) is 12.0 Å². The quantitative estimate of drug-likeness (QED) is 0.421. The first-order chi connectivity index (χ1) is 9.54. The molecule has 0 aromatic rings. The molecule has 0 aliphatic heterocycles. The highest BCUT2D eigenvalue weighted by Crippen LogP contribution is 2.32. The van der Waals surface area contributed by atoms with E-state index in [9.17, 15) is 4.79 Å². The number of rotatable bonds is 8. The zero-order valence-corrected chi connectivity index (χ0v) is 12.9. The SMILES string of the molecule is CCCO/N=C(\C)[C@@H](C)C[C@@H](OC(N)=O)C1CCCC1. The van der Waals surface area contributed by atoms with Gasteiger partial charge in [-0.3, -0.25) is 0 Å². The van der Waals surface area contributed by atoms with Crippen LogP contribution < -0.4 is 5.73 Å².